The van der Waals surface area contributed by atoms with Crippen LogP contribution < -0.4 is 43.0 Å². The third kappa shape index (κ3) is 27.9. The van der Waals surface area contributed by atoms with Gasteiger partial charge in [0.1, 0.15) is 35.7 Å². The third-order valence-electron chi connectivity index (χ3n) is 25.4. The number of amides is 13. The summed E-state index contributed by atoms with van der Waals surface area (Å²) in [6, 6.07) is 9.62. The highest BCUT2D eigenvalue weighted by Gasteiger charge is 2.51. The van der Waals surface area contributed by atoms with Crippen LogP contribution in [0.15, 0.2) is 0 Å². The summed E-state index contributed by atoms with van der Waals surface area (Å²) in [4.78, 5) is 144. The highest BCUT2D eigenvalue weighted by atomic mass is 35.5. The van der Waals surface area contributed by atoms with Crippen LogP contribution in [-0.2, 0) is 33.6 Å². The van der Waals surface area contributed by atoms with E-state index < -0.39 is 12.1 Å². The van der Waals surface area contributed by atoms with E-state index in [2.05, 4.69) is 61.5 Å². The number of carbonyl (C=O) groups is 11. The zero-order chi connectivity index (χ0) is 84.4. The van der Waals surface area contributed by atoms with Crippen molar-refractivity contribution in [2.75, 3.05) is 118 Å². The van der Waals surface area contributed by atoms with E-state index in [1.54, 1.807) is 19.6 Å². The average molecular weight is 1740 g/mol. The smallest absolute Gasteiger partial charge is 0.336 e. The maximum Gasteiger partial charge on any atom is 0.471 e. The van der Waals surface area contributed by atoms with Crippen molar-refractivity contribution in [3.63, 3.8) is 0 Å². The molecule has 13 amide bonds. The Hall–Kier alpha value is -7.77. The van der Waals surface area contributed by atoms with E-state index in [1.807, 2.05) is 75.0 Å². The molecule has 32 nitrogen and oxygen atoms in total. The molecule has 17 atom stereocenters. The lowest BCUT2D eigenvalue weighted by atomic mass is 10.0. The van der Waals surface area contributed by atoms with Gasteiger partial charge in [-0.15, -0.1) is 37.2 Å². The Morgan fingerprint density at radius 2 is 0.580 bits per heavy atom. The van der Waals surface area contributed by atoms with Crippen LogP contribution in [0.5, 0.6) is 0 Å². The molecule has 5 aliphatic carbocycles. The van der Waals surface area contributed by atoms with Crippen LogP contribution >= 0.6 is 37.2 Å². The summed E-state index contributed by atoms with van der Waals surface area (Å²) < 4.78 is 36.3. The zero-order valence-electron chi connectivity index (χ0n) is 70.3. The first kappa shape index (κ1) is 100. The first-order chi connectivity index (χ1) is 55.1. The third-order valence-corrected chi connectivity index (χ3v) is 25.4. The molecule has 666 valence electrons. The fraction of sp³-hybridized carbons (Fsp3) is 0.815. The number of fused-ring (bicyclic) bond motifs is 5. The Labute approximate surface area is 717 Å². The van der Waals surface area contributed by atoms with Gasteiger partial charge in [-0.05, 0) is 204 Å². The Kier molecular flexibility index (Phi) is 39.1. The molecule has 0 radical (unpaired) electrons. The van der Waals surface area contributed by atoms with E-state index in [9.17, 15) is 65.9 Å². The lowest BCUT2D eigenvalue weighted by molar-refractivity contribution is -0.184. The molecule has 3 unspecified atom stereocenters. The number of carbonyl (C=O) groups excluding carboxylic acids is 11. The number of nitrogens with zero attached hydrogens (tertiary/aromatic N) is 13. The van der Waals surface area contributed by atoms with Gasteiger partial charge in [0.25, 0.3) is 0 Å². The molecule has 0 spiro atoms. The number of nitriles is 4. The predicted molar refractivity (Wildman–Crippen MR) is 442 cm³/mol. The number of hydrogen-bond donors (Lipinski definition) is 8. The second kappa shape index (κ2) is 46.5. The molecular weight excluding hydrogens is 1610 g/mol. The second-order valence-electron chi connectivity index (χ2n) is 35.6. The first-order valence-corrected chi connectivity index (χ1v) is 42.4. The molecule has 14 rings (SSSR count). The van der Waals surface area contributed by atoms with Crippen LogP contribution in [0.3, 0.4) is 0 Å². The molecule has 38 heteroatoms. The van der Waals surface area contributed by atoms with Crippen molar-refractivity contribution in [1.82, 2.24) is 81.3 Å². The van der Waals surface area contributed by atoms with Crippen LogP contribution in [0.4, 0.5) is 32.3 Å². The van der Waals surface area contributed by atoms with Gasteiger partial charge in [-0.3, -0.25) is 33.6 Å². The maximum atomic E-state index is 12.3. The van der Waals surface area contributed by atoms with Gasteiger partial charge < -0.3 is 87.1 Å². The summed E-state index contributed by atoms with van der Waals surface area (Å²) in [6.45, 7) is 26.1. The standard InChI is InChI=1S/3C18H29N5O2.C11H18N2O2.C9H10F3NO2.C7H11N3O.3ClH/c3*1-12(2)21-18(25)22-10-13-6-15(7-14(13)11-22)20-9-17(24)23-5-3-4-16(23)8-19;1-7(2)12-11(15)13-5-8-3-10(14)4-9(8)6-13;10-9(11,12)8(15)13-3-5-1-7(14)2-6(5)4-13;8-4-6-2-1-3-10(6)7(11)5-9;;;/h3*12-16,20H,3-7,9-11H2,1-2H3,(H,21,25);7-9H,3-6H2,1-2H3,(H,12,15);5-6H,1-4H2;6H,1-3,5,9H2;3*1H/t3*13-,14+,15?,16-;8-,9+;5-,6+;6-;;;/m000..0.../s1. The fourth-order valence-corrected chi connectivity index (χ4v) is 19.8. The molecule has 14 aliphatic rings. The molecule has 0 bridgehead atoms. The number of rotatable bonds is 14. The molecule has 119 heavy (non-hydrogen) atoms. The summed E-state index contributed by atoms with van der Waals surface area (Å²) in [6.07, 6.45) is 10.2. The monoisotopic (exact) mass is 1730 g/mol. The molecule has 9 heterocycles. The fourth-order valence-electron chi connectivity index (χ4n) is 19.8. The summed E-state index contributed by atoms with van der Waals surface area (Å²) in [5.74, 6) is 2.64. The molecule has 9 N–H and O–H groups in total. The lowest BCUT2D eigenvalue weighted by Crippen LogP contribution is -2.44. The van der Waals surface area contributed by atoms with Gasteiger partial charge in [0.05, 0.1) is 50.5 Å². The van der Waals surface area contributed by atoms with Gasteiger partial charge in [-0.25, -0.2) is 19.2 Å². The van der Waals surface area contributed by atoms with Gasteiger partial charge in [0, 0.05) is 160 Å². The molecule has 14 fully saturated rings. The number of urea groups is 4. The van der Waals surface area contributed by atoms with Crippen LogP contribution in [0, 0.1) is 105 Å². The Bertz CT molecular complexity index is 3350. The molecule has 9 aliphatic heterocycles. The van der Waals surface area contributed by atoms with E-state index >= 15 is 0 Å². The highest BCUT2D eigenvalue weighted by molar-refractivity contribution is 5.87. The van der Waals surface area contributed by atoms with Crippen LogP contribution in [0.2, 0.25) is 0 Å². The number of hydrogen-bond acceptors (Lipinski definition) is 19. The molecular formula is C81H129Cl3F3N21O11. The molecule has 0 aromatic carbocycles. The van der Waals surface area contributed by atoms with Gasteiger partial charge in [-0.2, -0.15) is 34.2 Å². The van der Waals surface area contributed by atoms with Crippen LogP contribution in [-0.4, -0.2) is 300 Å². The Morgan fingerprint density at radius 3 is 0.782 bits per heavy atom. The van der Waals surface area contributed by atoms with Crippen molar-refractivity contribution in [1.29, 1.82) is 21.0 Å². The molecule has 0 aromatic heterocycles. The van der Waals surface area contributed by atoms with Gasteiger partial charge in [-0.1, -0.05) is 0 Å². The average Bonchev–Trinajstić information content (AvgIpc) is 1.67. The number of likely N-dealkylation sites (tertiary alicyclic amines) is 9. The highest BCUT2D eigenvalue weighted by Crippen LogP contribution is 2.42. The zero-order valence-corrected chi connectivity index (χ0v) is 72.8. The van der Waals surface area contributed by atoms with Crippen LogP contribution in [0.1, 0.15) is 171 Å². The second-order valence-corrected chi connectivity index (χ2v) is 35.6. The number of ketones is 2. The van der Waals surface area contributed by atoms with Crippen LogP contribution in [0.25, 0.3) is 0 Å². The van der Waals surface area contributed by atoms with Gasteiger partial charge in [0.2, 0.25) is 23.6 Å². The van der Waals surface area contributed by atoms with Crippen molar-refractivity contribution >= 4 is 102 Å². The van der Waals surface area contributed by atoms with E-state index in [4.69, 9.17) is 26.8 Å². The number of nitrogens with one attached hydrogen (secondary N) is 7. The summed E-state index contributed by atoms with van der Waals surface area (Å²) >= 11 is 0. The van der Waals surface area contributed by atoms with Gasteiger partial charge in [0.15, 0.2) is 0 Å². The van der Waals surface area contributed by atoms with Crippen molar-refractivity contribution in [3.05, 3.63) is 0 Å². The molecule has 9 saturated heterocycles. The van der Waals surface area contributed by atoms with E-state index in [1.165, 1.54) is 0 Å². The topological polar surface area (TPSA) is 422 Å². The number of alkyl halides is 3. The SMILES string of the molecule is CC(C)NC(=O)N1C[C@H]2CC(=O)C[C@H]2C1.CC(C)NC(=O)N1C[C@H]2CC(NCC(=O)N3CCC[C@H]3C#N)C[C@H]2C1.CC(C)NC(=O)N1C[C@H]2CC(NCC(=O)N3CCC[C@H]3C#N)C[C@H]2C1.CC(C)NC(=O)N1C[C@H]2CC(NCC(=O)N3CCC[C@H]3C#N)C[C@H]2C1.Cl.Cl.Cl.N#C[C@@H]1CCCN1C(=O)CN.O=C1C[C@@H]2CN(C(=O)C(F)(F)F)C[C@@H]2C1. The predicted octanol–water partition coefficient (Wildman–Crippen LogP) is 5.48. The minimum absolute atomic E-state index is 0. The van der Waals surface area contributed by atoms with E-state index in [-0.39, 0.29) is 171 Å². The molecule has 5 saturated carbocycles. The van der Waals surface area contributed by atoms with Gasteiger partial charge >= 0.3 is 36.2 Å². The van der Waals surface area contributed by atoms with E-state index in [0.29, 0.717) is 143 Å². The lowest BCUT2D eigenvalue weighted by Gasteiger charge is -2.23. The quantitative estimate of drug-likeness (QED) is 0.107. The van der Waals surface area contributed by atoms with Crippen molar-refractivity contribution in [3.8, 4) is 24.3 Å². The first-order valence-electron chi connectivity index (χ1n) is 42.4. The Balaban J connectivity index is 0.000000225. The largest absolute Gasteiger partial charge is 0.471 e. The minimum atomic E-state index is -4.79. The minimum Gasteiger partial charge on any atom is -0.336 e. The van der Waals surface area contributed by atoms with Crippen molar-refractivity contribution < 1.29 is 65.9 Å². The number of nitrogens with two attached hydrogens (primary N) is 1. The maximum absolute atomic E-state index is 12.3. The van der Waals surface area contributed by atoms with Crippen molar-refractivity contribution in [2.45, 2.75) is 244 Å². The molecule has 0 aromatic rings. The normalized spacial score (nSPS) is 29.5. The number of Topliss-reactive ketones (excluding diaryl/α,β-unsaturated/α-hetero) is 2. The number of halogens is 6. The van der Waals surface area contributed by atoms with E-state index in [0.717, 1.165) is 147 Å². The summed E-state index contributed by atoms with van der Waals surface area (Å²) in [5, 5.41) is 57.8. The Morgan fingerprint density at radius 1 is 0.370 bits per heavy atom. The summed E-state index contributed by atoms with van der Waals surface area (Å²) in [7, 11) is 0. The van der Waals surface area contributed by atoms with Crippen molar-refractivity contribution in [2.24, 2.45) is 64.9 Å². The summed E-state index contributed by atoms with van der Waals surface area (Å²) in [5.41, 5.74) is 5.17.